The number of phenolic OH excluding ortho intramolecular Hbond substituents is 1. The Bertz CT molecular complexity index is 532. The lowest BCUT2D eigenvalue weighted by Gasteiger charge is -2.25. The first kappa shape index (κ1) is 18.2. The molecule has 1 amide bonds. The molecular weight excluding hydrogens is 312 g/mol. The third-order valence-electron chi connectivity index (χ3n) is 3.16. The Kier molecular flexibility index (Phi) is 7.10. The third kappa shape index (κ3) is 4.87. The van der Waals surface area contributed by atoms with Crippen molar-refractivity contribution in [3.8, 4) is 5.75 Å². The van der Waals surface area contributed by atoms with Crippen molar-refractivity contribution in [1.82, 2.24) is 4.90 Å². The molecule has 1 fully saturated rings. The molecule has 1 aliphatic heterocycles. The van der Waals surface area contributed by atoms with E-state index in [0.29, 0.717) is 18.9 Å². The molecule has 0 saturated carbocycles. The molecule has 0 aromatic heterocycles. The van der Waals surface area contributed by atoms with Crippen LogP contribution in [0, 0.1) is 0 Å². The predicted octanol–water partition coefficient (Wildman–Crippen LogP) is 0.871. The fraction of sp³-hybridized carbons (Fsp3) is 0.429. The summed E-state index contributed by atoms with van der Waals surface area (Å²) >= 11 is 0. The van der Waals surface area contributed by atoms with E-state index in [9.17, 15) is 14.7 Å². The zero-order valence-corrected chi connectivity index (χ0v) is 13.0. The van der Waals surface area contributed by atoms with Crippen molar-refractivity contribution < 1.29 is 24.2 Å². The van der Waals surface area contributed by atoms with Gasteiger partial charge in [-0.15, -0.1) is 12.4 Å². The van der Waals surface area contributed by atoms with E-state index in [1.165, 1.54) is 19.2 Å². The number of esters is 1. The molecule has 8 heteroatoms. The number of aromatic hydroxyl groups is 1. The summed E-state index contributed by atoms with van der Waals surface area (Å²) < 4.78 is 9.75. The average molecular weight is 331 g/mol. The fourth-order valence-electron chi connectivity index (χ4n) is 2.05. The highest BCUT2D eigenvalue weighted by Crippen LogP contribution is 2.22. The minimum Gasteiger partial charge on any atom is -0.507 e. The molecule has 0 radical (unpaired) electrons. The van der Waals surface area contributed by atoms with Crippen LogP contribution in [0.1, 0.15) is 10.4 Å². The lowest BCUT2D eigenvalue weighted by atomic mass is 10.2. The molecule has 2 N–H and O–H groups in total. The number of carbonyl (C=O) groups is 2. The van der Waals surface area contributed by atoms with Gasteiger partial charge in [-0.25, -0.2) is 4.79 Å². The standard InChI is InChI=1S/C14H18N2O5.ClH/c1-20-14(19)11-3-2-10(8-12(11)17)15-13(18)9-16-4-6-21-7-5-16;/h2-3,8,17H,4-7,9H2,1H3,(H,15,18);1H. The van der Waals surface area contributed by atoms with Crippen LogP contribution in [0.3, 0.4) is 0 Å². The van der Waals surface area contributed by atoms with Crippen molar-refractivity contribution in [2.24, 2.45) is 0 Å². The summed E-state index contributed by atoms with van der Waals surface area (Å²) in [6, 6.07) is 4.28. The molecule has 0 atom stereocenters. The molecule has 0 bridgehead atoms. The number of anilines is 1. The van der Waals surface area contributed by atoms with Gasteiger partial charge >= 0.3 is 5.97 Å². The van der Waals surface area contributed by atoms with Gasteiger partial charge in [-0.3, -0.25) is 9.69 Å². The Labute approximate surface area is 134 Å². The van der Waals surface area contributed by atoms with Gasteiger partial charge < -0.3 is 19.9 Å². The Morgan fingerprint density at radius 3 is 2.64 bits per heavy atom. The van der Waals surface area contributed by atoms with Crippen LogP contribution in [-0.2, 0) is 14.3 Å². The summed E-state index contributed by atoms with van der Waals surface area (Å²) in [5.41, 5.74) is 0.488. The number of rotatable bonds is 4. The number of morpholine rings is 1. The maximum atomic E-state index is 11.9. The first-order valence-corrected chi connectivity index (χ1v) is 6.61. The first-order chi connectivity index (χ1) is 10.1. The van der Waals surface area contributed by atoms with E-state index in [0.717, 1.165) is 13.1 Å². The van der Waals surface area contributed by atoms with Crippen molar-refractivity contribution in [2.45, 2.75) is 0 Å². The fourth-order valence-corrected chi connectivity index (χ4v) is 2.05. The lowest BCUT2D eigenvalue weighted by molar-refractivity contribution is -0.118. The van der Waals surface area contributed by atoms with Gasteiger partial charge in [0.05, 0.1) is 26.9 Å². The van der Waals surface area contributed by atoms with Crippen LogP contribution in [-0.4, -0.2) is 61.8 Å². The summed E-state index contributed by atoms with van der Waals surface area (Å²) in [5, 5.41) is 12.4. The zero-order chi connectivity index (χ0) is 15.2. The van der Waals surface area contributed by atoms with Crippen LogP contribution in [0.2, 0.25) is 0 Å². The number of benzene rings is 1. The lowest BCUT2D eigenvalue weighted by Crippen LogP contribution is -2.41. The van der Waals surface area contributed by atoms with Crippen molar-refractivity contribution in [3.05, 3.63) is 23.8 Å². The molecule has 1 aromatic carbocycles. The molecule has 0 aliphatic carbocycles. The quantitative estimate of drug-likeness (QED) is 0.797. The van der Waals surface area contributed by atoms with E-state index in [1.807, 2.05) is 4.90 Å². The van der Waals surface area contributed by atoms with Crippen molar-refractivity contribution >= 4 is 30.0 Å². The number of nitrogens with zero attached hydrogens (tertiary/aromatic N) is 1. The molecule has 0 unspecified atom stereocenters. The van der Waals surface area contributed by atoms with Crippen molar-refractivity contribution in [1.29, 1.82) is 0 Å². The van der Waals surface area contributed by atoms with Gasteiger partial charge in [-0.2, -0.15) is 0 Å². The number of phenols is 1. The second kappa shape index (κ2) is 8.57. The highest BCUT2D eigenvalue weighted by atomic mass is 35.5. The molecular formula is C14H19ClN2O5. The monoisotopic (exact) mass is 330 g/mol. The van der Waals surface area contributed by atoms with Crippen molar-refractivity contribution in [3.63, 3.8) is 0 Å². The Morgan fingerprint density at radius 2 is 2.05 bits per heavy atom. The number of hydrogen-bond donors (Lipinski definition) is 2. The van der Waals surface area contributed by atoms with Gasteiger partial charge in [0.1, 0.15) is 11.3 Å². The molecule has 22 heavy (non-hydrogen) atoms. The van der Waals surface area contributed by atoms with Crippen LogP contribution in [0.4, 0.5) is 5.69 Å². The largest absolute Gasteiger partial charge is 0.507 e. The maximum Gasteiger partial charge on any atom is 0.341 e. The summed E-state index contributed by atoms with van der Waals surface area (Å²) in [6.07, 6.45) is 0. The first-order valence-electron chi connectivity index (χ1n) is 6.61. The highest BCUT2D eigenvalue weighted by molar-refractivity contribution is 5.95. The number of carbonyl (C=O) groups excluding carboxylic acids is 2. The Morgan fingerprint density at radius 1 is 1.36 bits per heavy atom. The van der Waals surface area contributed by atoms with E-state index >= 15 is 0 Å². The van der Waals surface area contributed by atoms with E-state index in [-0.39, 0.29) is 36.2 Å². The van der Waals surface area contributed by atoms with Gasteiger partial charge in [0.25, 0.3) is 0 Å². The van der Waals surface area contributed by atoms with Gasteiger partial charge in [0.15, 0.2) is 0 Å². The second-order valence-corrected chi connectivity index (χ2v) is 4.66. The predicted molar refractivity (Wildman–Crippen MR) is 82.6 cm³/mol. The van der Waals surface area contributed by atoms with Crippen molar-refractivity contribution in [2.75, 3.05) is 45.3 Å². The zero-order valence-electron chi connectivity index (χ0n) is 12.2. The van der Waals surface area contributed by atoms with Crippen LogP contribution in [0.25, 0.3) is 0 Å². The van der Waals surface area contributed by atoms with Crippen LogP contribution < -0.4 is 5.32 Å². The Balaban J connectivity index is 0.00000242. The summed E-state index contributed by atoms with van der Waals surface area (Å²) in [6.45, 7) is 2.96. The normalized spacial score (nSPS) is 14.8. The van der Waals surface area contributed by atoms with E-state index in [1.54, 1.807) is 6.07 Å². The van der Waals surface area contributed by atoms with E-state index in [4.69, 9.17) is 4.74 Å². The minimum atomic E-state index is -0.626. The molecule has 2 rings (SSSR count). The van der Waals surface area contributed by atoms with Gasteiger partial charge in [-0.1, -0.05) is 0 Å². The van der Waals surface area contributed by atoms with Gasteiger partial charge in [0.2, 0.25) is 5.91 Å². The number of amides is 1. The topological polar surface area (TPSA) is 88.1 Å². The maximum absolute atomic E-state index is 11.9. The number of hydrogen-bond acceptors (Lipinski definition) is 6. The van der Waals surface area contributed by atoms with E-state index in [2.05, 4.69) is 10.1 Å². The number of methoxy groups -OCH3 is 1. The Hall–Kier alpha value is -1.83. The smallest absolute Gasteiger partial charge is 0.341 e. The number of ether oxygens (including phenoxy) is 2. The molecule has 1 heterocycles. The summed E-state index contributed by atoms with van der Waals surface area (Å²) in [7, 11) is 1.24. The van der Waals surface area contributed by atoms with Crippen LogP contribution in [0.5, 0.6) is 5.75 Å². The van der Waals surface area contributed by atoms with Crippen LogP contribution >= 0.6 is 12.4 Å². The SMILES string of the molecule is COC(=O)c1ccc(NC(=O)CN2CCOCC2)cc1O.Cl. The molecule has 1 aromatic rings. The minimum absolute atomic E-state index is 0. The molecule has 0 spiro atoms. The number of nitrogens with one attached hydrogen (secondary N) is 1. The van der Waals surface area contributed by atoms with Gasteiger partial charge in [-0.05, 0) is 12.1 Å². The third-order valence-corrected chi connectivity index (χ3v) is 3.16. The molecule has 1 aliphatic rings. The summed E-state index contributed by atoms with van der Waals surface area (Å²) in [5.74, 6) is -1.04. The molecule has 7 nitrogen and oxygen atoms in total. The van der Waals surface area contributed by atoms with Gasteiger partial charge in [0, 0.05) is 24.8 Å². The molecule has 122 valence electrons. The average Bonchev–Trinajstić information content (AvgIpc) is 2.47. The van der Waals surface area contributed by atoms with E-state index < -0.39 is 5.97 Å². The highest BCUT2D eigenvalue weighted by Gasteiger charge is 2.16. The second-order valence-electron chi connectivity index (χ2n) is 4.66. The van der Waals surface area contributed by atoms with Crippen LogP contribution in [0.15, 0.2) is 18.2 Å². The number of halogens is 1. The summed E-state index contributed by atoms with van der Waals surface area (Å²) in [4.78, 5) is 25.2. The molecule has 1 saturated heterocycles.